The molecule has 0 radical (unpaired) electrons. The number of rotatable bonds is 4. The van der Waals surface area contributed by atoms with Gasteiger partial charge in [0.05, 0.1) is 51.9 Å². The number of benzene rings is 7. The van der Waals surface area contributed by atoms with Gasteiger partial charge in [0.25, 0.3) is 0 Å². The molecule has 5 nitrogen and oxygen atoms in total. The Morgan fingerprint density at radius 2 is 0.940 bits per heavy atom. The normalized spacial score (nSPS) is 11.1. The molecule has 0 amide bonds. The van der Waals surface area contributed by atoms with Crippen LogP contribution >= 0.6 is 0 Å². The van der Waals surface area contributed by atoms with E-state index in [4.69, 9.17) is 6.57 Å². The second kappa shape index (κ2) is 11.4. The van der Waals surface area contributed by atoms with Crippen molar-refractivity contribution in [3.05, 3.63) is 174 Å². The van der Waals surface area contributed by atoms with Gasteiger partial charge in [-0.05, 0) is 107 Å². The van der Waals surface area contributed by atoms with Crippen molar-refractivity contribution >= 4 is 49.3 Å². The van der Waals surface area contributed by atoms with Gasteiger partial charge in [-0.2, -0.15) is 10.5 Å². The summed E-state index contributed by atoms with van der Waals surface area (Å²) in [6, 6.07) is 55.8. The van der Waals surface area contributed by atoms with Crippen LogP contribution in [0.2, 0.25) is 0 Å². The molecule has 0 bridgehead atoms. The van der Waals surface area contributed by atoms with Gasteiger partial charge < -0.3 is 9.13 Å². The molecule has 7 aromatic carbocycles. The highest BCUT2D eigenvalue weighted by Crippen LogP contribution is 2.39. The van der Waals surface area contributed by atoms with Crippen LogP contribution in [0.25, 0.3) is 82.1 Å². The van der Waals surface area contributed by atoms with Gasteiger partial charge in [-0.15, -0.1) is 0 Å². The molecule has 0 aliphatic rings. The lowest BCUT2D eigenvalue weighted by Gasteiger charge is -2.16. The van der Waals surface area contributed by atoms with Crippen molar-refractivity contribution in [3.63, 3.8) is 0 Å². The van der Waals surface area contributed by atoms with Gasteiger partial charge in [-0.3, -0.25) is 0 Å². The molecule has 50 heavy (non-hydrogen) atoms. The van der Waals surface area contributed by atoms with Crippen LogP contribution in [0.5, 0.6) is 0 Å². The van der Waals surface area contributed by atoms with Crippen molar-refractivity contribution < 1.29 is 0 Å². The third-order valence-corrected chi connectivity index (χ3v) is 9.51. The van der Waals surface area contributed by atoms with Crippen LogP contribution in [0.15, 0.2) is 152 Å². The maximum atomic E-state index is 10.3. The van der Waals surface area contributed by atoms with Crippen LogP contribution < -0.4 is 0 Å². The van der Waals surface area contributed by atoms with Crippen LogP contribution in [0.4, 0.5) is 5.69 Å². The van der Waals surface area contributed by atoms with Gasteiger partial charge in [0.1, 0.15) is 0 Å². The summed E-state index contributed by atoms with van der Waals surface area (Å²) in [5, 5.41) is 24.1. The van der Waals surface area contributed by atoms with E-state index < -0.39 is 0 Å². The van der Waals surface area contributed by atoms with Gasteiger partial charge in [-0.25, -0.2) is 4.85 Å². The van der Waals surface area contributed by atoms with Gasteiger partial charge >= 0.3 is 0 Å². The van der Waals surface area contributed by atoms with E-state index in [0.29, 0.717) is 16.8 Å². The molecule has 9 aromatic rings. The van der Waals surface area contributed by atoms with Crippen LogP contribution in [-0.4, -0.2) is 9.13 Å². The number of aromatic nitrogens is 2. The Morgan fingerprint density at radius 3 is 1.58 bits per heavy atom. The summed E-state index contributed by atoms with van der Waals surface area (Å²) >= 11 is 0. The molecule has 230 valence electrons. The van der Waals surface area contributed by atoms with E-state index in [0.717, 1.165) is 77.2 Å². The van der Waals surface area contributed by atoms with E-state index in [1.807, 2.05) is 91.0 Å². The predicted octanol–water partition coefficient (Wildman–Crippen LogP) is 11.5. The maximum absolute atomic E-state index is 10.3. The first-order valence-electron chi connectivity index (χ1n) is 16.2. The number of nitriles is 2. The zero-order valence-electron chi connectivity index (χ0n) is 26.7. The standard InChI is InChI=1S/C45H25N5/c1-48-35-16-18-45-41(26-35)39-12-6-8-14-43(39)50(45)37-24-33(31-9-3-2-4-10-31)22-34(25-37)32-19-30(28-47)20-36(23-32)49-42-13-7-5-11-38(42)40-21-29(27-46)15-17-44(40)49/h2-26H. The molecule has 5 heteroatoms. The Hall–Kier alpha value is -7.39. The van der Waals surface area contributed by atoms with Crippen LogP contribution in [0, 0.1) is 29.2 Å². The van der Waals surface area contributed by atoms with Crippen molar-refractivity contribution in [2.75, 3.05) is 0 Å². The highest BCUT2D eigenvalue weighted by atomic mass is 15.0. The highest BCUT2D eigenvalue weighted by Gasteiger charge is 2.18. The minimum Gasteiger partial charge on any atom is -0.309 e. The maximum Gasteiger partial charge on any atom is 0.188 e. The van der Waals surface area contributed by atoms with Crippen molar-refractivity contribution in [1.29, 1.82) is 10.5 Å². The summed E-state index contributed by atoms with van der Waals surface area (Å²) in [5.41, 5.74) is 11.6. The lowest BCUT2D eigenvalue weighted by Crippen LogP contribution is -1.98. The van der Waals surface area contributed by atoms with E-state index in [-0.39, 0.29) is 0 Å². The zero-order valence-corrected chi connectivity index (χ0v) is 26.7. The van der Waals surface area contributed by atoms with Crippen LogP contribution in [0.3, 0.4) is 0 Å². The second-order valence-electron chi connectivity index (χ2n) is 12.4. The first kappa shape index (κ1) is 28.8. The van der Waals surface area contributed by atoms with Crippen molar-refractivity contribution in [1.82, 2.24) is 9.13 Å². The van der Waals surface area contributed by atoms with Crippen molar-refractivity contribution in [3.8, 4) is 45.8 Å². The number of para-hydroxylation sites is 2. The van der Waals surface area contributed by atoms with E-state index in [2.05, 4.69) is 86.8 Å². The smallest absolute Gasteiger partial charge is 0.188 e. The molecule has 0 N–H and O–H groups in total. The van der Waals surface area contributed by atoms with Crippen LogP contribution in [0.1, 0.15) is 11.1 Å². The van der Waals surface area contributed by atoms with E-state index >= 15 is 0 Å². The lowest BCUT2D eigenvalue weighted by molar-refractivity contribution is 1.17. The van der Waals surface area contributed by atoms with Gasteiger partial charge in [-0.1, -0.05) is 72.8 Å². The van der Waals surface area contributed by atoms with Gasteiger partial charge in [0.2, 0.25) is 0 Å². The predicted molar refractivity (Wildman–Crippen MR) is 202 cm³/mol. The zero-order chi connectivity index (χ0) is 33.8. The van der Waals surface area contributed by atoms with Gasteiger partial charge in [0.15, 0.2) is 5.69 Å². The summed E-state index contributed by atoms with van der Waals surface area (Å²) in [6.07, 6.45) is 0. The summed E-state index contributed by atoms with van der Waals surface area (Å²) in [6.45, 7) is 7.63. The molecule has 2 aromatic heterocycles. The topological polar surface area (TPSA) is 61.8 Å². The highest BCUT2D eigenvalue weighted by molar-refractivity contribution is 6.11. The number of nitrogens with zero attached hydrogens (tertiary/aromatic N) is 5. The SMILES string of the molecule is [C-]#[N+]c1ccc2c(c1)c1ccccc1n2-c1cc(-c2ccccc2)cc(-c2cc(C#N)cc(-n3c4ccccc4c4cc(C#N)ccc43)c2)c1. The molecular formula is C45H25N5. The summed E-state index contributed by atoms with van der Waals surface area (Å²) in [4.78, 5) is 3.71. The molecule has 0 fully saturated rings. The fraction of sp³-hybridized carbons (Fsp3) is 0. The minimum atomic E-state index is 0.548. The molecule has 2 heterocycles. The Kier molecular flexibility index (Phi) is 6.56. The number of hydrogen-bond donors (Lipinski definition) is 0. The molecule has 0 aliphatic carbocycles. The second-order valence-corrected chi connectivity index (χ2v) is 12.4. The van der Waals surface area contributed by atoms with Gasteiger partial charge in [0, 0.05) is 27.5 Å². The minimum absolute atomic E-state index is 0.548. The average Bonchev–Trinajstić information content (AvgIpc) is 3.70. The monoisotopic (exact) mass is 635 g/mol. The molecule has 0 aliphatic heterocycles. The van der Waals surface area contributed by atoms with E-state index in [1.165, 1.54) is 0 Å². The third-order valence-electron chi connectivity index (χ3n) is 9.51. The Labute approximate surface area is 288 Å². The Balaban J connectivity index is 1.33. The first-order chi connectivity index (χ1) is 24.6. The molecule has 0 spiro atoms. The number of fused-ring (bicyclic) bond motifs is 6. The van der Waals surface area contributed by atoms with Crippen molar-refractivity contribution in [2.45, 2.75) is 0 Å². The largest absolute Gasteiger partial charge is 0.309 e. The summed E-state index contributed by atoms with van der Waals surface area (Å²) in [5.74, 6) is 0. The fourth-order valence-electron chi connectivity index (χ4n) is 7.30. The quantitative estimate of drug-likeness (QED) is 0.181. The lowest BCUT2D eigenvalue weighted by atomic mass is 9.96. The molecule has 0 unspecified atom stereocenters. The summed E-state index contributed by atoms with van der Waals surface area (Å²) < 4.78 is 4.45. The van der Waals surface area contributed by atoms with Crippen molar-refractivity contribution in [2.24, 2.45) is 0 Å². The Bertz CT molecular complexity index is 2960. The van der Waals surface area contributed by atoms with Crippen LogP contribution in [-0.2, 0) is 0 Å². The average molecular weight is 636 g/mol. The van der Waals surface area contributed by atoms with E-state index in [9.17, 15) is 10.5 Å². The summed E-state index contributed by atoms with van der Waals surface area (Å²) in [7, 11) is 0. The molecule has 0 saturated heterocycles. The Morgan fingerprint density at radius 1 is 0.420 bits per heavy atom. The molecule has 0 atom stereocenters. The van der Waals surface area contributed by atoms with E-state index in [1.54, 1.807) is 0 Å². The third kappa shape index (κ3) is 4.53. The first-order valence-corrected chi connectivity index (χ1v) is 16.2. The fourth-order valence-corrected chi connectivity index (χ4v) is 7.30. The molecule has 0 saturated carbocycles. The molecular weight excluding hydrogens is 611 g/mol. The number of hydrogen-bond acceptors (Lipinski definition) is 2. The molecule has 9 rings (SSSR count).